The number of nitrogens with zero attached hydrogens (tertiary/aromatic N) is 4. The van der Waals surface area contributed by atoms with Crippen LogP contribution in [-0.2, 0) is 16.1 Å². The quantitative estimate of drug-likeness (QED) is 0.241. The highest BCUT2D eigenvalue weighted by molar-refractivity contribution is 7.99. The topological polar surface area (TPSA) is 130 Å². The maximum Gasteiger partial charge on any atom is 0.286 e. The summed E-state index contributed by atoms with van der Waals surface area (Å²) in [5, 5.41) is 14.4. The first-order chi connectivity index (χ1) is 20.6. The van der Waals surface area contributed by atoms with E-state index in [9.17, 15) is 14.4 Å². The zero-order valence-electron chi connectivity index (χ0n) is 25.9. The molecule has 1 unspecified atom stereocenters. The Balaban J connectivity index is 1.43. The second-order valence-corrected chi connectivity index (χ2v) is 13.3. The molecule has 0 bridgehead atoms. The fourth-order valence-corrected chi connectivity index (χ4v) is 6.33. The number of rotatable bonds is 14. The number of amides is 2. The van der Waals surface area contributed by atoms with Crippen LogP contribution in [0, 0.1) is 5.92 Å². The lowest BCUT2D eigenvalue weighted by Crippen LogP contribution is -2.62. The van der Waals surface area contributed by atoms with Gasteiger partial charge in [-0.3, -0.25) is 19.3 Å². The highest BCUT2D eigenvalue weighted by Crippen LogP contribution is 2.30. The van der Waals surface area contributed by atoms with Crippen molar-refractivity contribution < 1.29 is 23.5 Å². The van der Waals surface area contributed by atoms with Crippen LogP contribution in [0.2, 0.25) is 0 Å². The van der Waals surface area contributed by atoms with E-state index in [1.165, 1.54) is 11.8 Å². The molecular weight excluding hydrogens is 568 g/mol. The number of carbonyl (C=O) groups is 3. The Morgan fingerprint density at radius 3 is 2.40 bits per heavy atom. The molecule has 2 aliphatic rings. The summed E-state index contributed by atoms with van der Waals surface area (Å²) >= 11 is 1.39. The fourth-order valence-electron chi connectivity index (χ4n) is 5.46. The first-order valence-corrected chi connectivity index (χ1v) is 16.3. The summed E-state index contributed by atoms with van der Waals surface area (Å²) in [6, 6.07) is 6.71. The SMILES string of the molecule is CC(C)CC(NC(=O)C1(NC(=O)c2ccc(CN3CCOCC3)cc2)CCCCC1)C(=O)c1nnc(SCCN(C)C)o1. The molecular formula is C31H46N6O5S. The molecule has 1 aliphatic carbocycles. The van der Waals surface area contributed by atoms with Gasteiger partial charge in [0.2, 0.25) is 11.7 Å². The van der Waals surface area contributed by atoms with Gasteiger partial charge in [-0.15, -0.1) is 10.2 Å². The van der Waals surface area contributed by atoms with Gasteiger partial charge in [0.05, 0.1) is 19.3 Å². The van der Waals surface area contributed by atoms with E-state index in [-0.39, 0.29) is 23.6 Å². The average molecular weight is 615 g/mol. The van der Waals surface area contributed by atoms with Gasteiger partial charge in [-0.25, -0.2) is 0 Å². The van der Waals surface area contributed by atoms with Crippen molar-refractivity contribution in [2.24, 2.45) is 5.92 Å². The minimum absolute atomic E-state index is 0.114. The first-order valence-electron chi connectivity index (χ1n) is 15.3. The van der Waals surface area contributed by atoms with Crippen molar-refractivity contribution in [2.45, 2.75) is 75.7 Å². The third-order valence-electron chi connectivity index (χ3n) is 7.93. The molecule has 236 valence electrons. The van der Waals surface area contributed by atoms with E-state index in [1.807, 2.05) is 57.1 Å². The molecule has 4 rings (SSSR count). The van der Waals surface area contributed by atoms with Gasteiger partial charge in [0, 0.05) is 37.5 Å². The largest absolute Gasteiger partial charge is 0.408 e. The smallest absolute Gasteiger partial charge is 0.286 e. The first kappa shape index (κ1) is 33.1. The van der Waals surface area contributed by atoms with Gasteiger partial charge in [-0.2, -0.15) is 0 Å². The van der Waals surface area contributed by atoms with Crippen LogP contribution in [0.25, 0.3) is 0 Å². The van der Waals surface area contributed by atoms with Crippen LogP contribution in [0.4, 0.5) is 0 Å². The molecule has 2 aromatic rings. The van der Waals surface area contributed by atoms with E-state index in [4.69, 9.17) is 9.15 Å². The Morgan fingerprint density at radius 2 is 1.74 bits per heavy atom. The molecule has 11 nitrogen and oxygen atoms in total. The standard InChI is InChI=1S/C31H46N6O5S/c1-22(2)20-25(26(38)28-34-35-30(42-28)43-19-16-36(3)4)32-29(40)31(12-6-5-7-13-31)33-27(39)24-10-8-23(9-11-24)21-37-14-17-41-18-15-37/h8-11,22,25H,5-7,12-21H2,1-4H3,(H,32,40)(H,33,39). The summed E-state index contributed by atoms with van der Waals surface area (Å²) in [6.07, 6.45) is 4.04. The molecule has 2 heterocycles. The van der Waals surface area contributed by atoms with Gasteiger partial charge in [0.15, 0.2) is 0 Å². The van der Waals surface area contributed by atoms with Gasteiger partial charge < -0.3 is 24.7 Å². The van der Waals surface area contributed by atoms with E-state index < -0.39 is 17.4 Å². The van der Waals surface area contributed by atoms with Crippen LogP contribution < -0.4 is 10.6 Å². The number of morpholine rings is 1. The highest BCUT2D eigenvalue weighted by atomic mass is 32.2. The Morgan fingerprint density at radius 1 is 1.05 bits per heavy atom. The summed E-state index contributed by atoms with van der Waals surface area (Å²) < 4.78 is 11.1. The molecule has 1 aromatic heterocycles. The highest BCUT2D eigenvalue weighted by Gasteiger charge is 2.43. The number of hydrogen-bond acceptors (Lipinski definition) is 10. The molecule has 2 fully saturated rings. The fraction of sp³-hybridized carbons (Fsp3) is 0.645. The van der Waals surface area contributed by atoms with Crippen LogP contribution in [0.1, 0.15) is 79.0 Å². The lowest BCUT2D eigenvalue weighted by Gasteiger charge is -2.37. The number of thioether (sulfide) groups is 1. The van der Waals surface area contributed by atoms with Crippen molar-refractivity contribution >= 4 is 29.4 Å². The van der Waals surface area contributed by atoms with Crippen molar-refractivity contribution in [2.75, 3.05) is 52.7 Å². The molecule has 1 saturated heterocycles. The number of ether oxygens (including phenoxy) is 1. The summed E-state index contributed by atoms with van der Waals surface area (Å²) in [5.41, 5.74) is 0.529. The normalized spacial score (nSPS) is 18.0. The summed E-state index contributed by atoms with van der Waals surface area (Å²) in [6.45, 7) is 8.87. The van der Waals surface area contributed by atoms with Crippen molar-refractivity contribution in [1.29, 1.82) is 0 Å². The van der Waals surface area contributed by atoms with Gasteiger partial charge in [0.25, 0.3) is 17.0 Å². The molecule has 1 aliphatic heterocycles. The number of ketones is 1. The molecule has 2 amide bonds. The predicted octanol–water partition coefficient (Wildman–Crippen LogP) is 3.40. The van der Waals surface area contributed by atoms with E-state index in [1.54, 1.807) is 0 Å². The molecule has 1 saturated carbocycles. The third-order valence-corrected chi connectivity index (χ3v) is 8.73. The Labute approximate surface area is 258 Å². The Bertz CT molecular complexity index is 1210. The van der Waals surface area contributed by atoms with E-state index in [0.717, 1.165) is 70.0 Å². The number of benzene rings is 1. The molecule has 2 N–H and O–H groups in total. The molecule has 0 radical (unpaired) electrons. The van der Waals surface area contributed by atoms with Gasteiger partial charge >= 0.3 is 0 Å². The maximum atomic E-state index is 13.9. The van der Waals surface area contributed by atoms with Crippen LogP contribution in [0.15, 0.2) is 33.9 Å². The van der Waals surface area contributed by atoms with E-state index in [0.29, 0.717) is 30.0 Å². The number of nitrogens with one attached hydrogen (secondary N) is 2. The van der Waals surface area contributed by atoms with Crippen LogP contribution >= 0.6 is 11.8 Å². The summed E-state index contributed by atoms with van der Waals surface area (Å²) in [4.78, 5) is 45.2. The number of carbonyl (C=O) groups excluding carboxylic acids is 3. The second-order valence-electron chi connectivity index (χ2n) is 12.2. The second kappa shape index (κ2) is 15.8. The zero-order chi connectivity index (χ0) is 30.8. The Hall–Kier alpha value is -2.80. The zero-order valence-corrected chi connectivity index (χ0v) is 26.7. The number of Topliss-reactive ketones (excluding diaryl/α,β-unsaturated/α-hetero) is 1. The van der Waals surface area contributed by atoms with E-state index >= 15 is 0 Å². The molecule has 12 heteroatoms. The minimum Gasteiger partial charge on any atom is -0.408 e. The molecule has 0 spiro atoms. The van der Waals surface area contributed by atoms with Crippen molar-refractivity contribution in [1.82, 2.24) is 30.6 Å². The number of aromatic nitrogens is 2. The minimum atomic E-state index is -1.10. The van der Waals surface area contributed by atoms with Crippen molar-refractivity contribution in [3.8, 4) is 0 Å². The lowest BCUT2D eigenvalue weighted by molar-refractivity contribution is -0.129. The van der Waals surface area contributed by atoms with E-state index in [2.05, 4.69) is 25.7 Å². The van der Waals surface area contributed by atoms with Gasteiger partial charge in [0.1, 0.15) is 5.54 Å². The lowest BCUT2D eigenvalue weighted by atomic mass is 9.80. The number of hydrogen-bond donors (Lipinski definition) is 2. The van der Waals surface area contributed by atoms with Gasteiger partial charge in [-0.1, -0.05) is 57.0 Å². The summed E-state index contributed by atoms with van der Waals surface area (Å²) in [5.74, 6) is -0.298. The monoisotopic (exact) mass is 614 g/mol. The third kappa shape index (κ3) is 9.59. The van der Waals surface area contributed by atoms with Gasteiger partial charge in [-0.05, 0) is 57.0 Å². The molecule has 1 atom stereocenters. The van der Waals surface area contributed by atoms with Crippen molar-refractivity contribution in [3.05, 3.63) is 41.3 Å². The molecule has 1 aromatic carbocycles. The Kier molecular flexibility index (Phi) is 12.2. The van der Waals surface area contributed by atoms with Crippen LogP contribution in [0.5, 0.6) is 0 Å². The van der Waals surface area contributed by atoms with Crippen LogP contribution in [0.3, 0.4) is 0 Å². The average Bonchev–Trinajstić information content (AvgIpc) is 3.46. The maximum absolute atomic E-state index is 13.9. The summed E-state index contributed by atoms with van der Waals surface area (Å²) in [7, 11) is 3.96. The predicted molar refractivity (Wildman–Crippen MR) is 165 cm³/mol. The van der Waals surface area contributed by atoms with Crippen molar-refractivity contribution in [3.63, 3.8) is 0 Å². The molecule has 43 heavy (non-hydrogen) atoms. The van der Waals surface area contributed by atoms with Crippen LogP contribution in [-0.4, -0.2) is 102 Å².